The third kappa shape index (κ3) is 6.75. The molecule has 1 radical (unpaired) electrons. The number of amides is 2. The molecule has 2 aliphatic rings. The summed E-state index contributed by atoms with van der Waals surface area (Å²) >= 11 is 11.7. The van der Waals surface area contributed by atoms with Gasteiger partial charge in [0.25, 0.3) is 5.91 Å². The van der Waals surface area contributed by atoms with Gasteiger partial charge in [0.15, 0.2) is 0 Å². The van der Waals surface area contributed by atoms with E-state index >= 15 is 0 Å². The molecule has 0 aromatic heterocycles. The first-order valence-corrected chi connectivity index (χ1v) is 13.7. The molecule has 1 fully saturated rings. The number of carbonyl (C=O) groups excluding carboxylic acids is 2. The van der Waals surface area contributed by atoms with Crippen molar-refractivity contribution in [3.05, 3.63) is 22.7 Å². The number of fused-ring (bicyclic) bond motifs is 1. The van der Waals surface area contributed by atoms with Gasteiger partial charge in [0.2, 0.25) is 15.9 Å². The molecule has 34 heavy (non-hydrogen) atoms. The summed E-state index contributed by atoms with van der Waals surface area (Å²) in [6.45, 7) is 2.07. The molecule has 10 nitrogen and oxygen atoms in total. The number of hydrogen-bond acceptors (Lipinski definition) is 8. The topological polar surface area (TPSA) is 159 Å². The van der Waals surface area contributed by atoms with Crippen molar-refractivity contribution in [3.8, 4) is 0 Å². The van der Waals surface area contributed by atoms with Crippen molar-refractivity contribution in [2.24, 2.45) is 11.1 Å². The van der Waals surface area contributed by atoms with Crippen LogP contribution < -0.4 is 15.8 Å². The molecule has 1 aromatic rings. The minimum atomic E-state index is -4.07. The number of thioether (sulfide) groups is 1. The van der Waals surface area contributed by atoms with E-state index in [1.54, 1.807) is 18.7 Å². The number of carboxylic acid groups (broad SMARTS) is 1. The first-order chi connectivity index (χ1) is 15.4. The Morgan fingerprint density at radius 3 is 2.65 bits per heavy atom. The van der Waals surface area contributed by atoms with Crippen LogP contribution in [0, 0.1) is 5.92 Å². The van der Waals surface area contributed by atoms with Crippen LogP contribution in [0.3, 0.4) is 0 Å². The number of nitrogens with one attached hydrogen (secondary N) is 2. The molecule has 0 aliphatic carbocycles. The van der Waals surface area contributed by atoms with Gasteiger partial charge in [-0.15, -0.1) is 0 Å². The summed E-state index contributed by atoms with van der Waals surface area (Å²) in [5.74, 6) is -1.11. The van der Waals surface area contributed by atoms with Crippen molar-refractivity contribution in [1.82, 2.24) is 10.2 Å². The predicted molar refractivity (Wildman–Crippen MR) is 135 cm³/mol. The van der Waals surface area contributed by atoms with E-state index in [0.29, 0.717) is 36.6 Å². The van der Waals surface area contributed by atoms with E-state index in [1.165, 1.54) is 11.0 Å². The summed E-state index contributed by atoms with van der Waals surface area (Å²) < 4.78 is 23.3. The molecule has 5 N–H and O–H groups in total. The maximum absolute atomic E-state index is 12.5. The van der Waals surface area contributed by atoms with E-state index in [1.807, 2.05) is 0 Å². The molecule has 0 bridgehead atoms. The van der Waals surface area contributed by atoms with Crippen molar-refractivity contribution in [2.75, 3.05) is 23.4 Å². The van der Waals surface area contributed by atoms with E-state index in [4.69, 9.17) is 16.7 Å². The SMILES string of the molecule is CC(CS)C(=O)N1CC(SCCC2NC(=O)c3cc(S(N)(=O)=O)c(Cl)cc3N2)CC1C(=O)O.[Na]. The fraction of sp³-hybridized carbons (Fsp3) is 0.526. The van der Waals surface area contributed by atoms with Crippen LogP contribution in [0.4, 0.5) is 5.69 Å². The number of halogens is 1. The molecule has 1 aromatic carbocycles. The summed E-state index contributed by atoms with van der Waals surface area (Å²) in [5.41, 5.74) is 0.523. The van der Waals surface area contributed by atoms with Gasteiger partial charge in [-0.05, 0) is 30.7 Å². The number of benzene rings is 1. The minimum Gasteiger partial charge on any atom is -0.480 e. The molecule has 4 atom stereocenters. The van der Waals surface area contributed by atoms with Gasteiger partial charge in [-0.3, -0.25) is 9.59 Å². The van der Waals surface area contributed by atoms with Crippen LogP contribution in [0.5, 0.6) is 0 Å². The molecule has 15 heteroatoms. The predicted octanol–water partition coefficient (Wildman–Crippen LogP) is 0.831. The van der Waals surface area contributed by atoms with Crippen molar-refractivity contribution >= 4 is 99.0 Å². The number of carboxylic acids is 1. The third-order valence-electron chi connectivity index (χ3n) is 5.54. The average molecular weight is 560 g/mol. The van der Waals surface area contributed by atoms with Gasteiger partial charge in [-0.1, -0.05) is 18.5 Å². The molecule has 1 saturated heterocycles. The zero-order valence-corrected chi connectivity index (χ0v) is 23.9. The Labute approximate surface area is 234 Å². The quantitative estimate of drug-likeness (QED) is 0.231. The largest absolute Gasteiger partial charge is 0.480 e. The fourth-order valence-corrected chi connectivity index (χ4v) is 6.34. The molecule has 4 unspecified atom stereocenters. The monoisotopic (exact) mass is 559 g/mol. The number of thiol groups is 1. The van der Waals surface area contributed by atoms with E-state index in [9.17, 15) is 27.9 Å². The number of carbonyl (C=O) groups is 3. The molecule has 183 valence electrons. The Hall–Kier alpha value is -0.670. The number of anilines is 1. The molecule has 2 amide bonds. The summed E-state index contributed by atoms with van der Waals surface area (Å²) in [6, 6.07) is 1.64. The maximum Gasteiger partial charge on any atom is 0.326 e. The van der Waals surface area contributed by atoms with Crippen LogP contribution in [0.25, 0.3) is 0 Å². The van der Waals surface area contributed by atoms with Crippen LogP contribution in [0.1, 0.15) is 30.1 Å². The van der Waals surface area contributed by atoms with Gasteiger partial charge in [0.1, 0.15) is 10.9 Å². The minimum absolute atomic E-state index is 0. The van der Waals surface area contributed by atoms with Crippen molar-refractivity contribution in [3.63, 3.8) is 0 Å². The van der Waals surface area contributed by atoms with Gasteiger partial charge < -0.3 is 20.6 Å². The number of primary sulfonamides is 1. The van der Waals surface area contributed by atoms with E-state index in [2.05, 4.69) is 23.3 Å². The molecule has 2 aliphatic heterocycles. The van der Waals surface area contributed by atoms with Crippen LogP contribution in [0.2, 0.25) is 5.02 Å². The molecule has 3 rings (SSSR count). The van der Waals surface area contributed by atoms with Crippen molar-refractivity contribution in [1.29, 1.82) is 0 Å². The van der Waals surface area contributed by atoms with E-state index < -0.39 is 34.1 Å². The van der Waals surface area contributed by atoms with Crippen molar-refractivity contribution < 1.29 is 27.9 Å². The second kappa shape index (κ2) is 12.0. The van der Waals surface area contributed by atoms with Gasteiger partial charge >= 0.3 is 5.97 Å². The second-order valence-electron chi connectivity index (χ2n) is 7.99. The number of likely N-dealkylation sites (tertiary alicyclic amines) is 1. The zero-order chi connectivity index (χ0) is 24.5. The molecule has 0 spiro atoms. The summed E-state index contributed by atoms with van der Waals surface area (Å²) in [7, 11) is -4.07. The first kappa shape index (κ1) is 29.6. The number of aliphatic carboxylic acids is 1. The van der Waals surface area contributed by atoms with E-state index in [0.717, 1.165) is 6.07 Å². The van der Waals surface area contributed by atoms with Gasteiger partial charge in [0, 0.05) is 53.0 Å². The van der Waals surface area contributed by atoms with Crippen molar-refractivity contribution in [2.45, 2.75) is 42.1 Å². The number of hydrogen-bond donors (Lipinski definition) is 5. The van der Waals surface area contributed by atoms with Crippen LogP contribution in [0.15, 0.2) is 17.0 Å². The first-order valence-electron chi connectivity index (χ1n) is 10.1. The molecule has 2 heterocycles. The second-order valence-corrected chi connectivity index (χ2v) is 11.7. The molecular weight excluding hydrogens is 535 g/mol. The standard InChI is InChI=1S/C19H25ClN4O6S3.Na/c1-9(8-31)18(26)24-7-10(4-14(24)19(27)28)32-3-2-16-22-13-6-12(20)15(33(21,29)30)5-11(13)17(25)23-16;/h5-6,9-10,14,16,22,31H,2-4,7-8H2,1H3,(H,23,25)(H,27,28)(H2,21,29,30);. The van der Waals surface area contributed by atoms with Crippen LogP contribution >= 0.6 is 36.0 Å². The summed E-state index contributed by atoms with van der Waals surface area (Å²) in [5, 5.41) is 20.4. The Bertz CT molecular complexity index is 1080. The Balaban J connectivity index is 0.00000408. The van der Waals surface area contributed by atoms with Crippen LogP contribution in [-0.4, -0.2) is 101 Å². The third-order valence-corrected chi connectivity index (χ3v) is 8.75. The Kier molecular flexibility index (Phi) is 10.5. The van der Waals surface area contributed by atoms with Gasteiger partial charge in [-0.25, -0.2) is 18.4 Å². The Morgan fingerprint density at radius 1 is 1.38 bits per heavy atom. The van der Waals surface area contributed by atoms with E-state index in [-0.39, 0.29) is 62.1 Å². The van der Waals surface area contributed by atoms with Gasteiger partial charge in [-0.2, -0.15) is 24.4 Å². The zero-order valence-electron chi connectivity index (χ0n) is 18.7. The molecular formula is C19H25ClN4NaO6S3. The maximum atomic E-state index is 12.5. The van der Waals surface area contributed by atoms with Crippen LogP contribution in [-0.2, 0) is 19.6 Å². The normalized spacial score (nSPS) is 22.8. The summed E-state index contributed by atoms with van der Waals surface area (Å²) in [6.07, 6.45) is 0.441. The summed E-state index contributed by atoms with van der Waals surface area (Å²) in [4.78, 5) is 37.7. The van der Waals surface area contributed by atoms with Gasteiger partial charge in [0.05, 0.1) is 22.4 Å². The number of nitrogens with zero attached hydrogens (tertiary/aromatic N) is 1. The number of sulfonamides is 1. The number of rotatable bonds is 8. The smallest absolute Gasteiger partial charge is 0.326 e. The fourth-order valence-electron chi connectivity index (χ4n) is 3.79. The number of nitrogens with two attached hydrogens (primary N) is 1. The Morgan fingerprint density at radius 2 is 2.06 bits per heavy atom. The average Bonchev–Trinajstić information content (AvgIpc) is 3.15. The molecule has 0 saturated carbocycles.